The molecule has 1 aromatic rings. The van der Waals surface area contributed by atoms with Crippen molar-refractivity contribution in [1.29, 1.82) is 0 Å². The monoisotopic (exact) mass is 407 g/mol. The van der Waals surface area contributed by atoms with Gasteiger partial charge >= 0.3 is 6.18 Å². The molecule has 2 N–H and O–H groups in total. The highest BCUT2D eigenvalue weighted by atomic mass is 32.2. The van der Waals surface area contributed by atoms with Gasteiger partial charge in [0.25, 0.3) is 0 Å². The maximum atomic E-state index is 12.4. The lowest BCUT2D eigenvalue weighted by molar-refractivity contribution is -0.153. The fraction of sp³-hybridized carbons (Fsp3) is 0.588. The van der Waals surface area contributed by atoms with Gasteiger partial charge in [-0.2, -0.15) is 13.2 Å². The first-order valence-corrected chi connectivity index (χ1v) is 10.3. The smallest absolute Gasteiger partial charge is 0.422 e. The quantitative estimate of drug-likeness (QED) is 0.557. The lowest BCUT2D eigenvalue weighted by Gasteiger charge is -2.17. The molecule has 0 aromatic heterocycles. The molecule has 0 radical (unpaired) electrons. The van der Waals surface area contributed by atoms with Crippen LogP contribution in [0, 0.1) is 12.8 Å². The van der Waals surface area contributed by atoms with Gasteiger partial charge in [0, 0.05) is 25.7 Å². The molecule has 1 heterocycles. The Morgan fingerprint density at radius 1 is 1.33 bits per heavy atom. The van der Waals surface area contributed by atoms with Gasteiger partial charge in [-0.15, -0.1) is 0 Å². The van der Waals surface area contributed by atoms with E-state index >= 15 is 0 Å². The summed E-state index contributed by atoms with van der Waals surface area (Å²) in [4.78, 5) is 4.06. The van der Waals surface area contributed by atoms with Crippen molar-refractivity contribution in [2.75, 3.05) is 31.7 Å². The van der Waals surface area contributed by atoms with E-state index in [0.717, 1.165) is 5.56 Å². The number of halogens is 3. The standard InChI is InChI=1S/C17H24F3N3O3S/c1-12-3-4-14(15(7-12)26-11-17(18,19)20)9-23-16(21-2)22-8-13-5-6-27(24,25)10-13/h3-4,7,13H,5-6,8-11H2,1-2H3,(H2,21,22,23). The van der Waals surface area contributed by atoms with Crippen LogP contribution in [0.2, 0.25) is 0 Å². The van der Waals surface area contributed by atoms with E-state index in [9.17, 15) is 21.6 Å². The summed E-state index contributed by atoms with van der Waals surface area (Å²) < 4.78 is 65.2. The van der Waals surface area contributed by atoms with E-state index in [1.54, 1.807) is 32.2 Å². The van der Waals surface area contributed by atoms with E-state index in [1.807, 2.05) is 0 Å². The van der Waals surface area contributed by atoms with Crippen LogP contribution in [-0.4, -0.2) is 52.3 Å². The largest absolute Gasteiger partial charge is 0.484 e. The van der Waals surface area contributed by atoms with Gasteiger partial charge in [0.2, 0.25) is 0 Å². The summed E-state index contributed by atoms with van der Waals surface area (Å²) in [6.45, 7) is 1.10. The predicted octanol–water partition coefficient (Wildman–Crippen LogP) is 2.04. The van der Waals surface area contributed by atoms with Crippen LogP contribution < -0.4 is 15.4 Å². The van der Waals surface area contributed by atoms with Crippen molar-refractivity contribution in [3.63, 3.8) is 0 Å². The topological polar surface area (TPSA) is 79.8 Å². The van der Waals surface area contributed by atoms with Gasteiger partial charge in [0.05, 0.1) is 11.5 Å². The second kappa shape index (κ2) is 8.81. The fourth-order valence-electron chi connectivity index (χ4n) is 2.78. The molecule has 1 unspecified atom stereocenters. The highest BCUT2D eigenvalue weighted by molar-refractivity contribution is 7.91. The Morgan fingerprint density at radius 3 is 2.67 bits per heavy atom. The Hall–Kier alpha value is -1.97. The van der Waals surface area contributed by atoms with Gasteiger partial charge in [-0.3, -0.25) is 4.99 Å². The third kappa shape index (κ3) is 7.28. The van der Waals surface area contributed by atoms with E-state index in [1.165, 1.54) is 0 Å². The molecule has 0 amide bonds. The lowest BCUT2D eigenvalue weighted by atomic mass is 10.1. The number of aryl methyl sites for hydroxylation is 1. The Bertz CT molecular complexity index is 779. The van der Waals surface area contributed by atoms with Gasteiger partial charge in [-0.25, -0.2) is 8.42 Å². The first kappa shape index (κ1) is 21.3. The molecular weight excluding hydrogens is 383 g/mol. The van der Waals surface area contributed by atoms with E-state index < -0.39 is 22.6 Å². The van der Waals surface area contributed by atoms with Crippen LogP contribution in [0.4, 0.5) is 13.2 Å². The molecule has 152 valence electrons. The van der Waals surface area contributed by atoms with Crippen molar-refractivity contribution in [2.24, 2.45) is 10.9 Å². The van der Waals surface area contributed by atoms with E-state index in [2.05, 4.69) is 15.6 Å². The molecule has 1 atom stereocenters. The van der Waals surface area contributed by atoms with Crippen molar-refractivity contribution in [2.45, 2.75) is 26.1 Å². The number of benzene rings is 1. The molecule has 1 aromatic carbocycles. The van der Waals surface area contributed by atoms with E-state index in [4.69, 9.17) is 4.74 Å². The van der Waals surface area contributed by atoms with Crippen LogP contribution in [0.5, 0.6) is 5.75 Å². The maximum Gasteiger partial charge on any atom is 0.422 e. The zero-order valence-corrected chi connectivity index (χ0v) is 16.1. The average molecular weight is 407 g/mol. The summed E-state index contributed by atoms with van der Waals surface area (Å²) >= 11 is 0. The average Bonchev–Trinajstić information content (AvgIpc) is 2.92. The summed E-state index contributed by atoms with van der Waals surface area (Å²) in [7, 11) is -1.38. The van der Waals surface area contributed by atoms with Crippen molar-refractivity contribution in [3.8, 4) is 5.75 Å². The summed E-state index contributed by atoms with van der Waals surface area (Å²) in [6, 6.07) is 5.05. The number of nitrogens with one attached hydrogen (secondary N) is 2. The van der Waals surface area contributed by atoms with Crippen molar-refractivity contribution in [3.05, 3.63) is 29.3 Å². The number of ether oxygens (including phenoxy) is 1. The first-order valence-electron chi connectivity index (χ1n) is 8.52. The molecule has 0 bridgehead atoms. The van der Waals surface area contributed by atoms with E-state index in [0.29, 0.717) is 24.5 Å². The van der Waals surface area contributed by atoms with Gasteiger partial charge in [0.15, 0.2) is 22.4 Å². The molecule has 1 aliphatic heterocycles. The second-order valence-electron chi connectivity index (χ2n) is 6.59. The lowest BCUT2D eigenvalue weighted by Crippen LogP contribution is -2.39. The Morgan fingerprint density at radius 2 is 2.07 bits per heavy atom. The maximum absolute atomic E-state index is 12.4. The molecule has 1 fully saturated rings. The van der Waals surface area contributed by atoms with Crippen LogP contribution in [0.3, 0.4) is 0 Å². The number of nitrogens with zero attached hydrogens (tertiary/aromatic N) is 1. The normalized spacial score (nSPS) is 19.7. The van der Waals surface area contributed by atoms with Gasteiger partial charge in [0.1, 0.15) is 5.75 Å². The zero-order chi connectivity index (χ0) is 20.1. The molecule has 27 heavy (non-hydrogen) atoms. The Balaban J connectivity index is 1.92. The minimum absolute atomic E-state index is 0.0265. The highest BCUT2D eigenvalue weighted by Crippen LogP contribution is 2.23. The van der Waals surface area contributed by atoms with Crippen LogP contribution in [0.15, 0.2) is 23.2 Å². The number of rotatable bonds is 6. The minimum atomic E-state index is -4.41. The Kier molecular flexibility index (Phi) is 6.96. The molecule has 1 aliphatic rings. The Labute approximate surface area is 157 Å². The number of guanidine groups is 1. The summed E-state index contributed by atoms with van der Waals surface area (Å²) in [5, 5.41) is 6.08. The summed E-state index contributed by atoms with van der Waals surface area (Å²) in [5.74, 6) is 0.997. The molecule has 1 saturated heterocycles. The molecule has 0 aliphatic carbocycles. The highest BCUT2D eigenvalue weighted by Gasteiger charge is 2.29. The van der Waals surface area contributed by atoms with Crippen LogP contribution in [0.25, 0.3) is 0 Å². The molecule has 10 heteroatoms. The van der Waals surface area contributed by atoms with Gasteiger partial charge in [-0.05, 0) is 30.9 Å². The molecule has 6 nitrogen and oxygen atoms in total. The van der Waals surface area contributed by atoms with Crippen LogP contribution in [-0.2, 0) is 16.4 Å². The second-order valence-corrected chi connectivity index (χ2v) is 8.82. The number of alkyl halides is 3. The van der Waals surface area contributed by atoms with Gasteiger partial charge < -0.3 is 15.4 Å². The van der Waals surface area contributed by atoms with Crippen LogP contribution >= 0.6 is 0 Å². The number of sulfone groups is 1. The number of hydrogen-bond donors (Lipinski definition) is 2. The van der Waals surface area contributed by atoms with Crippen molar-refractivity contribution in [1.82, 2.24) is 10.6 Å². The number of aliphatic imine (C=N–C) groups is 1. The number of hydrogen-bond acceptors (Lipinski definition) is 4. The molecule has 2 rings (SSSR count). The van der Waals surface area contributed by atoms with Crippen LogP contribution in [0.1, 0.15) is 17.5 Å². The zero-order valence-electron chi connectivity index (χ0n) is 15.3. The molecular formula is C17H24F3N3O3S. The molecule has 0 saturated carbocycles. The third-order valence-electron chi connectivity index (χ3n) is 4.17. The predicted molar refractivity (Wildman–Crippen MR) is 97.7 cm³/mol. The van der Waals surface area contributed by atoms with Crippen molar-refractivity contribution < 1.29 is 26.3 Å². The van der Waals surface area contributed by atoms with Crippen molar-refractivity contribution >= 4 is 15.8 Å². The van der Waals surface area contributed by atoms with E-state index in [-0.39, 0.29) is 29.7 Å². The summed E-state index contributed by atoms with van der Waals surface area (Å²) in [5.41, 5.74) is 1.36. The SMILES string of the molecule is CN=C(NCc1ccc(C)cc1OCC(F)(F)F)NCC1CCS(=O)(=O)C1. The first-order chi connectivity index (χ1) is 12.6. The third-order valence-corrected chi connectivity index (χ3v) is 6.01. The fourth-order valence-corrected chi connectivity index (χ4v) is 4.64. The minimum Gasteiger partial charge on any atom is -0.484 e. The molecule has 0 spiro atoms. The summed E-state index contributed by atoms with van der Waals surface area (Å²) in [6.07, 6.45) is -3.80. The van der Waals surface area contributed by atoms with Gasteiger partial charge in [-0.1, -0.05) is 12.1 Å².